The molecule has 0 unspecified atom stereocenters. The van der Waals surface area contributed by atoms with Crippen molar-refractivity contribution in [3.8, 4) is 11.3 Å². The van der Waals surface area contributed by atoms with Crippen LogP contribution in [0.15, 0.2) is 79.1 Å². The first-order valence-electron chi connectivity index (χ1n) is 9.05. The van der Waals surface area contributed by atoms with E-state index in [2.05, 4.69) is 24.1 Å². The minimum Gasteiger partial charge on any atom is -0.322 e. The van der Waals surface area contributed by atoms with Crippen LogP contribution >= 0.6 is 0 Å². The van der Waals surface area contributed by atoms with Crippen molar-refractivity contribution in [3.05, 3.63) is 90.3 Å². The molecule has 2 aromatic heterocycles. The molecule has 1 amide bonds. The normalized spacial score (nSPS) is 11.1. The summed E-state index contributed by atoms with van der Waals surface area (Å²) in [7, 11) is 0. The molecule has 0 aliphatic heterocycles. The molecule has 4 aromatic rings. The quantitative estimate of drug-likeness (QED) is 0.534. The third-order valence-corrected chi connectivity index (χ3v) is 4.63. The molecule has 0 aliphatic rings. The number of amides is 1. The number of carbonyl (C=O) groups is 1. The molecule has 0 radical (unpaired) electrons. The van der Waals surface area contributed by atoms with Gasteiger partial charge in [-0.2, -0.15) is 0 Å². The average molecular weight is 355 g/mol. The summed E-state index contributed by atoms with van der Waals surface area (Å²) < 4.78 is 1.93. The number of nitrogens with zero attached hydrogens (tertiary/aromatic N) is 2. The van der Waals surface area contributed by atoms with Crippen molar-refractivity contribution in [2.45, 2.75) is 19.8 Å². The lowest BCUT2D eigenvalue weighted by molar-refractivity contribution is 0.102. The van der Waals surface area contributed by atoms with Crippen molar-refractivity contribution < 1.29 is 4.79 Å². The maximum absolute atomic E-state index is 12.6. The number of anilines is 1. The minimum absolute atomic E-state index is 0.140. The fourth-order valence-corrected chi connectivity index (χ4v) is 3.03. The first kappa shape index (κ1) is 17.0. The second-order valence-corrected chi connectivity index (χ2v) is 6.90. The second kappa shape index (κ2) is 7.08. The average Bonchev–Trinajstić information content (AvgIpc) is 3.12. The molecule has 0 saturated carbocycles. The highest BCUT2D eigenvalue weighted by Gasteiger charge is 2.10. The van der Waals surface area contributed by atoms with E-state index < -0.39 is 0 Å². The van der Waals surface area contributed by atoms with Crippen molar-refractivity contribution in [2.24, 2.45) is 0 Å². The van der Waals surface area contributed by atoms with Crippen molar-refractivity contribution >= 4 is 17.2 Å². The summed E-state index contributed by atoms with van der Waals surface area (Å²) in [5, 5.41) is 2.95. The van der Waals surface area contributed by atoms with Gasteiger partial charge in [0.2, 0.25) is 0 Å². The fourth-order valence-electron chi connectivity index (χ4n) is 3.03. The summed E-state index contributed by atoms with van der Waals surface area (Å²) in [4.78, 5) is 17.3. The Balaban J connectivity index is 1.57. The molecule has 2 aromatic carbocycles. The molecule has 4 rings (SSSR count). The van der Waals surface area contributed by atoms with Crippen LogP contribution in [-0.4, -0.2) is 15.3 Å². The number of pyridine rings is 1. The molecule has 1 N–H and O–H groups in total. The third-order valence-electron chi connectivity index (χ3n) is 4.63. The van der Waals surface area contributed by atoms with E-state index in [1.54, 1.807) is 6.07 Å². The number of aromatic nitrogens is 2. The van der Waals surface area contributed by atoms with Gasteiger partial charge in [-0.3, -0.25) is 4.79 Å². The van der Waals surface area contributed by atoms with E-state index in [9.17, 15) is 4.79 Å². The monoisotopic (exact) mass is 355 g/mol. The molecule has 4 nitrogen and oxygen atoms in total. The van der Waals surface area contributed by atoms with Crippen molar-refractivity contribution in [1.29, 1.82) is 0 Å². The lowest BCUT2D eigenvalue weighted by Gasteiger charge is -2.08. The maximum Gasteiger partial charge on any atom is 0.255 e. The topological polar surface area (TPSA) is 46.4 Å². The Morgan fingerprint density at radius 3 is 2.44 bits per heavy atom. The number of nitrogens with one attached hydrogen (secondary N) is 1. The van der Waals surface area contributed by atoms with Gasteiger partial charge in [-0.15, -0.1) is 0 Å². The summed E-state index contributed by atoms with van der Waals surface area (Å²) in [5.74, 6) is 0.329. The summed E-state index contributed by atoms with van der Waals surface area (Å²) in [6, 6.07) is 21.6. The van der Waals surface area contributed by atoms with E-state index in [4.69, 9.17) is 0 Å². The van der Waals surface area contributed by atoms with Crippen LogP contribution in [0.25, 0.3) is 16.9 Å². The first-order valence-corrected chi connectivity index (χ1v) is 9.05. The van der Waals surface area contributed by atoms with E-state index in [-0.39, 0.29) is 5.91 Å². The smallest absolute Gasteiger partial charge is 0.255 e. The predicted molar refractivity (Wildman–Crippen MR) is 109 cm³/mol. The molecule has 0 atom stereocenters. The Labute approximate surface area is 158 Å². The number of rotatable bonds is 4. The Hall–Kier alpha value is -3.40. The van der Waals surface area contributed by atoms with Gasteiger partial charge in [-0.1, -0.05) is 56.3 Å². The Bertz CT molecular complexity index is 1080. The van der Waals surface area contributed by atoms with E-state index >= 15 is 0 Å². The largest absolute Gasteiger partial charge is 0.322 e. The molecule has 0 bridgehead atoms. The molecular formula is C23H21N3O. The van der Waals surface area contributed by atoms with Crippen molar-refractivity contribution in [2.75, 3.05) is 5.32 Å². The molecule has 27 heavy (non-hydrogen) atoms. The van der Waals surface area contributed by atoms with Crippen molar-refractivity contribution in [3.63, 3.8) is 0 Å². The van der Waals surface area contributed by atoms with Gasteiger partial charge < -0.3 is 9.72 Å². The molecular weight excluding hydrogens is 334 g/mol. The molecule has 0 fully saturated rings. The van der Waals surface area contributed by atoms with E-state index in [1.807, 2.05) is 77.5 Å². The SMILES string of the molecule is CC(C)c1ccc(NC(=O)c2ccn3cc(-c4ccccc4)nc3c2)cc1. The Morgan fingerprint density at radius 1 is 1.00 bits per heavy atom. The van der Waals surface area contributed by atoms with E-state index in [0.717, 1.165) is 22.6 Å². The number of imidazole rings is 1. The molecule has 2 heterocycles. The number of benzene rings is 2. The lowest BCUT2D eigenvalue weighted by atomic mass is 10.0. The van der Waals surface area contributed by atoms with Gasteiger partial charge in [0, 0.05) is 29.2 Å². The van der Waals surface area contributed by atoms with Crippen LogP contribution in [0.2, 0.25) is 0 Å². The van der Waals surface area contributed by atoms with Gasteiger partial charge in [0.1, 0.15) is 5.65 Å². The molecule has 0 spiro atoms. The van der Waals surface area contributed by atoms with E-state index in [1.165, 1.54) is 5.56 Å². The zero-order valence-corrected chi connectivity index (χ0v) is 15.4. The lowest BCUT2D eigenvalue weighted by Crippen LogP contribution is -2.12. The maximum atomic E-state index is 12.6. The number of fused-ring (bicyclic) bond motifs is 1. The fraction of sp³-hybridized carbons (Fsp3) is 0.130. The van der Waals surface area contributed by atoms with Crippen LogP contribution in [0.1, 0.15) is 35.7 Å². The Morgan fingerprint density at radius 2 is 1.74 bits per heavy atom. The number of carbonyl (C=O) groups excluding carboxylic acids is 1. The van der Waals surface area contributed by atoms with Gasteiger partial charge >= 0.3 is 0 Å². The second-order valence-electron chi connectivity index (χ2n) is 6.90. The molecule has 0 aliphatic carbocycles. The Kier molecular flexibility index (Phi) is 4.47. The van der Waals surface area contributed by atoms with Crippen LogP contribution in [0.3, 0.4) is 0 Å². The van der Waals surface area contributed by atoms with Crippen molar-refractivity contribution in [1.82, 2.24) is 9.38 Å². The van der Waals surface area contributed by atoms with Crippen LogP contribution in [-0.2, 0) is 0 Å². The zero-order valence-electron chi connectivity index (χ0n) is 15.4. The van der Waals surface area contributed by atoms with Gasteiger partial charge in [-0.05, 0) is 35.7 Å². The summed E-state index contributed by atoms with van der Waals surface area (Å²) in [5.41, 5.74) is 5.31. The van der Waals surface area contributed by atoms with Crippen LogP contribution in [0.5, 0.6) is 0 Å². The zero-order chi connectivity index (χ0) is 18.8. The van der Waals surface area contributed by atoms with Gasteiger partial charge in [0.15, 0.2) is 0 Å². The molecule has 134 valence electrons. The highest BCUT2D eigenvalue weighted by molar-refractivity contribution is 6.04. The standard InChI is InChI=1S/C23H21N3O/c1-16(2)17-8-10-20(11-9-17)24-23(27)19-12-13-26-15-21(25-22(26)14-19)18-6-4-3-5-7-18/h3-16H,1-2H3,(H,24,27). The molecule has 4 heteroatoms. The van der Waals surface area contributed by atoms with E-state index in [0.29, 0.717) is 11.5 Å². The number of hydrogen-bond donors (Lipinski definition) is 1. The molecule has 0 saturated heterocycles. The van der Waals surface area contributed by atoms with Crippen LogP contribution in [0.4, 0.5) is 5.69 Å². The van der Waals surface area contributed by atoms with Crippen LogP contribution in [0, 0.1) is 0 Å². The van der Waals surface area contributed by atoms with Gasteiger partial charge in [0.05, 0.1) is 5.69 Å². The predicted octanol–water partition coefficient (Wildman–Crippen LogP) is 5.38. The summed E-state index contributed by atoms with van der Waals surface area (Å²) in [6.45, 7) is 4.30. The minimum atomic E-state index is -0.140. The highest BCUT2D eigenvalue weighted by atomic mass is 16.1. The third kappa shape index (κ3) is 3.60. The summed E-state index contributed by atoms with van der Waals surface area (Å²) >= 11 is 0. The first-order chi connectivity index (χ1) is 13.1. The number of hydrogen-bond acceptors (Lipinski definition) is 2. The van der Waals surface area contributed by atoms with Gasteiger partial charge in [-0.25, -0.2) is 4.98 Å². The highest BCUT2D eigenvalue weighted by Crippen LogP contribution is 2.20. The summed E-state index contributed by atoms with van der Waals surface area (Å²) in [6.07, 6.45) is 3.84. The van der Waals surface area contributed by atoms with Gasteiger partial charge in [0.25, 0.3) is 5.91 Å². The van der Waals surface area contributed by atoms with Crippen LogP contribution < -0.4 is 5.32 Å².